The molecule has 1 aromatic carbocycles. The smallest absolute Gasteiger partial charge is 0.227 e. The molecule has 0 bridgehead atoms. The van der Waals surface area contributed by atoms with Crippen molar-refractivity contribution >= 4 is 11.6 Å². The summed E-state index contributed by atoms with van der Waals surface area (Å²) in [5, 5.41) is 6.98. The van der Waals surface area contributed by atoms with Crippen LogP contribution in [-0.4, -0.2) is 17.7 Å². The van der Waals surface area contributed by atoms with Crippen LogP contribution in [0.4, 0.5) is 5.69 Å². The summed E-state index contributed by atoms with van der Waals surface area (Å²) in [5.74, 6) is 1.85. The van der Waals surface area contributed by atoms with Crippen molar-refractivity contribution in [3.63, 3.8) is 0 Å². The molecule has 23 heavy (non-hydrogen) atoms. The molecule has 1 saturated carbocycles. The number of carbonyl (C=O) groups is 1. The van der Waals surface area contributed by atoms with Gasteiger partial charge in [-0.05, 0) is 25.0 Å². The Hall–Kier alpha value is -2.34. The van der Waals surface area contributed by atoms with Gasteiger partial charge in [-0.3, -0.25) is 4.79 Å². The minimum absolute atomic E-state index is 0.0878. The third kappa shape index (κ3) is 3.22. The van der Waals surface area contributed by atoms with Crippen LogP contribution in [0.5, 0.6) is 5.75 Å². The molecule has 1 aliphatic carbocycles. The number of hydrogen-bond donors (Lipinski definition) is 1. The lowest BCUT2D eigenvalue weighted by atomic mass is 10.1. The summed E-state index contributed by atoms with van der Waals surface area (Å²) < 4.78 is 16.5. The Morgan fingerprint density at radius 1 is 1.39 bits per heavy atom. The second kappa shape index (κ2) is 6.04. The number of rotatable bonds is 5. The minimum Gasteiger partial charge on any atom is -0.487 e. The molecule has 2 aromatic rings. The van der Waals surface area contributed by atoms with Crippen LogP contribution in [-0.2, 0) is 29.2 Å². The van der Waals surface area contributed by atoms with Crippen LogP contribution in [0.1, 0.15) is 29.9 Å². The number of amides is 1. The Bertz CT molecular complexity index is 721. The third-order valence-corrected chi connectivity index (χ3v) is 4.10. The van der Waals surface area contributed by atoms with E-state index in [-0.39, 0.29) is 11.8 Å². The van der Waals surface area contributed by atoms with Gasteiger partial charge in [0.05, 0.1) is 13.2 Å². The zero-order valence-corrected chi connectivity index (χ0v) is 12.7. The highest BCUT2D eigenvalue weighted by Crippen LogP contribution is 2.30. The van der Waals surface area contributed by atoms with Gasteiger partial charge in [0.2, 0.25) is 5.91 Å². The quantitative estimate of drug-likeness (QED) is 0.918. The van der Waals surface area contributed by atoms with Crippen molar-refractivity contribution in [2.45, 2.75) is 32.5 Å². The van der Waals surface area contributed by atoms with E-state index in [9.17, 15) is 4.79 Å². The van der Waals surface area contributed by atoms with Crippen LogP contribution in [0.3, 0.4) is 0 Å². The molecule has 0 radical (unpaired) electrons. The summed E-state index contributed by atoms with van der Waals surface area (Å²) in [7, 11) is 0. The van der Waals surface area contributed by atoms with Crippen molar-refractivity contribution in [1.29, 1.82) is 0 Å². The first-order valence-corrected chi connectivity index (χ1v) is 7.87. The number of nitrogens with one attached hydrogen (secondary N) is 1. The van der Waals surface area contributed by atoms with Crippen LogP contribution in [0.15, 0.2) is 28.8 Å². The molecule has 1 N–H and O–H groups in total. The van der Waals surface area contributed by atoms with Crippen molar-refractivity contribution in [1.82, 2.24) is 5.16 Å². The predicted octanol–water partition coefficient (Wildman–Crippen LogP) is 2.67. The molecular weight excluding hydrogens is 296 g/mol. The average molecular weight is 314 g/mol. The first-order chi connectivity index (χ1) is 11.3. The maximum atomic E-state index is 11.8. The van der Waals surface area contributed by atoms with E-state index in [0.29, 0.717) is 25.6 Å². The number of benzene rings is 1. The zero-order chi connectivity index (χ0) is 15.6. The molecule has 1 amide bonds. The van der Waals surface area contributed by atoms with E-state index in [1.165, 1.54) is 0 Å². The normalized spacial score (nSPS) is 16.7. The number of anilines is 1. The van der Waals surface area contributed by atoms with Gasteiger partial charge in [0, 0.05) is 29.7 Å². The fourth-order valence-corrected chi connectivity index (χ4v) is 2.60. The van der Waals surface area contributed by atoms with Gasteiger partial charge < -0.3 is 19.3 Å². The SMILES string of the molecule is O=C(Nc1cccc(OCc2noc3c2COCC3)c1)C1CC1. The van der Waals surface area contributed by atoms with E-state index in [0.717, 1.165) is 42.0 Å². The fourth-order valence-electron chi connectivity index (χ4n) is 2.60. The number of hydrogen-bond acceptors (Lipinski definition) is 5. The summed E-state index contributed by atoms with van der Waals surface area (Å²) in [4.78, 5) is 11.8. The lowest BCUT2D eigenvalue weighted by Gasteiger charge is -2.11. The minimum atomic E-state index is 0.0878. The molecular formula is C17H18N2O4. The second-order valence-electron chi connectivity index (χ2n) is 5.91. The van der Waals surface area contributed by atoms with Crippen LogP contribution in [0.25, 0.3) is 0 Å². The number of carbonyl (C=O) groups excluding carboxylic acids is 1. The highest BCUT2D eigenvalue weighted by atomic mass is 16.5. The molecule has 6 nitrogen and oxygen atoms in total. The van der Waals surface area contributed by atoms with Crippen molar-refractivity contribution in [2.75, 3.05) is 11.9 Å². The average Bonchev–Trinajstić information content (AvgIpc) is 3.35. The summed E-state index contributed by atoms with van der Waals surface area (Å²) >= 11 is 0. The van der Waals surface area contributed by atoms with Crippen molar-refractivity contribution in [3.05, 3.63) is 41.3 Å². The van der Waals surface area contributed by atoms with Gasteiger partial charge in [0.1, 0.15) is 23.8 Å². The number of fused-ring (bicyclic) bond motifs is 1. The Morgan fingerprint density at radius 3 is 3.17 bits per heavy atom. The van der Waals surface area contributed by atoms with E-state index >= 15 is 0 Å². The van der Waals surface area contributed by atoms with Crippen LogP contribution >= 0.6 is 0 Å². The van der Waals surface area contributed by atoms with E-state index in [4.69, 9.17) is 14.0 Å². The molecule has 1 aromatic heterocycles. The van der Waals surface area contributed by atoms with Gasteiger partial charge in [-0.1, -0.05) is 11.2 Å². The van der Waals surface area contributed by atoms with Gasteiger partial charge in [0.15, 0.2) is 0 Å². The fraction of sp³-hybridized carbons (Fsp3) is 0.412. The third-order valence-electron chi connectivity index (χ3n) is 4.10. The molecule has 1 aliphatic heterocycles. The Kier molecular flexibility index (Phi) is 3.75. The summed E-state index contributed by atoms with van der Waals surface area (Å²) in [6.07, 6.45) is 2.73. The molecule has 0 atom stereocenters. The molecule has 2 aliphatic rings. The highest BCUT2D eigenvalue weighted by Gasteiger charge is 2.29. The van der Waals surface area contributed by atoms with Gasteiger partial charge in [0.25, 0.3) is 0 Å². The lowest BCUT2D eigenvalue weighted by molar-refractivity contribution is -0.117. The molecule has 120 valence electrons. The predicted molar refractivity (Wildman–Crippen MR) is 82.0 cm³/mol. The topological polar surface area (TPSA) is 73.6 Å². The van der Waals surface area contributed by atoms with Crippen LogP contribution < -0.4 is 10.1 Å². The van der Waals surface area contributed by atoms with E-state index < -0.39 is 0 Å². The standard InChI is InChI=1S/C17H18N2O4/c20-17(11-4-5-11)18-12-2-1-3-13(8-12)22-10-15-14-9-21-7-6-16(14)23-19-15/h1-3,8,11H,4-7,9-10H2,(H,18,20). The number of nitrogens with zero attached hydrogens (tertiary/aromatic N) is 1. The molecule has 1 fully saturated rings. The van der Waals surface area contributed by atoms with Crippen molar-refractivity contribution < 1.29 is 18.8 Å². The monoisotopic (exact) mass is 314 g/mol. The number of aromatic nitrogens is 1. The van der Waals surface area contributed by atoms with Crippen LogP contribution in [0, 0.1) is 5.92 Å². The first-order valence-electron chi connectivity index (χ1n) is 7.87. The molecule has 0 saturated heterocycles. The lowest BCUT2D eigenvalue weighted by Crippen LogP contribution is -2.13. The molecule has 6 heteroatoms. The molecule has 0 unspecified atom stereocenters. The maximum Gasteiger partial charge on any atom is 0.227 e. The van der Waals surface area contributed by atoms with Gasteiger partial charge in [-0.25, -0.2) is 0 Å². The Morgan fingerprint density at radius 2 is 2.30 bits per heavy atom. The van der Waals surface area contributed by atoms with E-state index in [2.05, 4.69) is 10.5 Å². The van der Waals surface area contributed by atoms with E-state index in [1.807, 2.05) is 24.3 Å². The Balaban J connectivity index is 1.40. The second-order valence-corrected chi connectivity index (χ2v) is 5.91. The van der Waals surface area contributed by atoms with Crippen LogP contribution in [0.2, 0.25) is 0 Å². The van der Waals surface area contributed by atoms with Gasteiger partial charge >= 0.3 is 0 Å². The highest BCUT2D eigenvalue weighted by molar-refractivity contribution is 5.94. The molecule has 0 spiro atoms. The Labute approximate surface area is 133 Å². The summed E-state index contributed by atoms with van der Waals surface area (Å²) in [6.45, 7) is 1.52. The molecule has 4 rings (SSSR count). The number of ether oxygens (including phenoxy) is 2. The van der Waals surface area contributed by atoms with Gasteiger partial charge in [-0.15, -0.1) is 0 Å². The van der Waals surface area contributed by atoms with E-state index in [1.54, 1.807) is 0 Å². The van der Waals surface area contributed by atoms with Crippen molar-refractivity contribution in [3.8, 4) is 5.75 Å². The molecule has 2 heterocycles. The zero-order valence-electron chi connectivity index (χ0n) is 12.7. The van der Waals surface area contributed by atoms with Gasteiger partial charge in [-0.2, -0.15) is 0 Å². The maximum absolute atomic E-state index is 11.8. The van der Waals surface area contributed by atoms with Crippen molar-refractivity contribution in [2.24, 2.45) is 5.92 Å². The first kappa shape index (κ1) is 14.3. The largest absolute Gasteiger partial charge is 0.487 e. The summed E-state index contributed by atoms with van der Waals surface area (Å²) in [6, 6.07) is 7.40. The summed E-state index contributed by atoms with van der Waals surface area (Å²) in [5.41, 5.74) is 2.52.